The largest absolute Gasteiger partial charge is 0.311 e. The van der Waals surface area contributed by atoms with Gasteiger partial charge in [-0.2, -0.15) is 0 Å². The van der Waals surface area contributed by atoms with Crippen LogP contribution in [0.25, 0.3) is 0 Å². The Morgan fingerprint density at radius 2 is 0.722 bits per heavy atom. The second kappa shape index (κ2) is 2.44. The Morgan fingerprint density at radius 3 is 0.889 bits per heavy atom. The van der Waals surface area contributed by atoms with Crippen LogP contribution in [0.4, 0.5) is 38.9 Å². The second-order valence-corrected chi connectivity index (χ2v) is 8.14. The highest BCUT2D eigenvalue weighted by Crippen LogP contribution is 3.09. The minimum absolute atomic E-state index is 0.167. The third-order valence-electron chi connectivity index (χ3n) is 1.68. The monoisotopic (exact) mass is 330 g/mol. The third kappa shape index (κ3) is 3.37. The van der Waals surface area contributed by atoms with Crippen LogP contribution in [0.2, 0.25) is 0 Å². The van der Waals surface area contributed by atoms with Crippen LogP contribution in [0.1, 0.15) is 0 Å². The summed E-state index contributed by atoms with van der Waals surface area (Å²) >= 11 is 0. The zero-order valence-corrected chi connectivity index (χ0v) is 9.54. The molecule has 0 saturated carbocycles. The SMILES string of the molecule is FS(F)(F)(F)(F)c1ccccc1S(F)(F)(F)(F)F. The van der Waals surface area contributed by atoms with Crippen LogP contribution in [0.5, 0.6) is 0 Å². The molecule has 0 bridgehead atoms. The molecular formula is C6H4F10S2. The molecule has 0 nitrogen and oxygen atoms in total. The zero-order chi connectivity index (χ0) is 14.8. The van der Waals surface area contributed by atoms with Crippen molar-refractivity contribution in [3.05, 3.63) is 24.3 Å². The van der Waals surface area contributed by atoms with E-state index in [0.717, 1.165) is 0 Å². The lowest BCUT2D eigenvalue weighted by Gasteiger charge is -2.47. The predicted octanol–water partition coefficient (Wildman–Crippen LogP) is 7.00. The molecule has 0 saturated heterocycles. The molecule has 0 aliphatic carbocycles. The van der Waals surface area contributed by atoms with E-state index in [0.29, 0.717) is 0 Å². The Balaban J connectivity index is 3.89. The molecule has 1 aromatic carbocycles. The van der Waals surface area contributed by atoms with Gasteiger partial charge in [0.1, 0.15) is 9.79 Å². The summed E-state index contributed by atoms with van der Waals surface area (Å²) in [6, 6.07) is -1.09. The lowest BCUT2D eigenvalue weighted by molar-refractivity contribution is 0.336. The van der Waals surface area contributed by atoms with Gasteiger partial charge in [0.15, 0.2) is 0 Å². The van der Waals surface area contributed by atoms with Gasteiger partial charge < -0.3 is 0 Å². The lowest BCUT2D eigenvalue weighted by Crippen LogP contribution is -2.15. The van der Waals surface area contributed by atoms with Crippen LogP contribution in [-0.2, 0) is 0 Å². The van der Waals surface area contributed by atoms with Crippen molar-refractivity contribution in [2.45, 2.75) is 9.79 Å². The van der Waals surface area contributed by atoms with Crippen LogP contribution in [0.15, 0.2) is 34.1 Å². The van der Waals surface area contributed by atoms with E-state index in [2.05, 4.69) is 0 Å². The number of benzene rings is 1. The van der Waals surface area contributed by atoms with Crippen LogP contribution in [-0.4, -0.2) is 0 Å². The Kier molecular flexibility index (Phi) is 2.07. The quantitative estimate of drug-likeness (QED) is 0.512. The van der Waals surface area contributed by atoms with Gasteiger partial charge in [0.25, 0.3) is 0 Å². The van der Waals surface area contributed by atoms with E-state index in [1.54, 1.807) is 0 Å². The smallest absolute Gasteiger partial charge is 0.0936 e. The summed E-state index contributed by atoms with van der Waals surface area (Å²) in [6.07, 6.45) is 0. The fourth-order valence-electron chi connectivity index (χ4n) is 1.09. The topological polar surface area (TPSA) is 0 Å². The maximum Gasteiger partial charge on any atom is 0.311 e. The van der Waals surface area contributed by atoms with E-state index in [4.69, 9.17) is 0 Å². The Hall–Kier alpha value is -0.780. The molecule has 12 heteroatoms. The minimum Gasteiger partial charge on any atom is -0.0936 e. The highest BCUT2D eigenvalue weighted by Gasteiger charge is 2.75. The fourth-order valence-corrected chi connectivity index (χ4v) is 3.60. The molecule has 0 fully saturated rings. The molecule has 18 heavy (non-hydrogen) atoms. The molecule has 1 aromatic rings. The molecule has 0 aliphatic heterocycles. The molecule has 0 spiro atoms. The standard InChI is InChI=1S/C6H4F10S2/c7-17(8,9,10,11)5-3-1-2-4-6(5)18(12,13,14,15)16/h1-4H. The van der Waals surface area contributed by atoms with Gasteiger partial charge in [-0.1, -0.05) is 51.0 Å². The minimum atomic E-state index is -10.9. The Morgan fingerprint density at radius 1 is 0.500 bits per heavy atom. The van der Waals surface area contributed by atoms with Gasteiger partial charge in [0.2, 0.25) is 0 Å². The van der Waals surface area contributed by atoms with Gasteiger partial charge in [0, 0.05) is 0 Å². The fraction of sp³-hybridized carbons (Fsp3) is 0. The first-order chi connectivity index (χ1) is 7.20. The van der Waals surface area contributed by atoms with Gasteiger partial charge in [-0.15, -0.1) is 0 Å². The van der Waals surface area contributed by atoms with E-state index in [-0.39, 0.29) is 12.1 Å². The van der Waals surface area contributed by atoms with E-state index in [9.17, 15) is 38.9 Å². The molecule has 1 rings (SSSR count). The highest BCUT2D eigenvalue weighted by molar-refractivity contribution is 8.48. The van der Waals surface area contributed by atoms with E-state index < -0.39 is 42.4 Å². The van der Waals surface area contributed by atoms with Crippen LogP contribution >= 0.6 is 20.4 Å². The van der Waals surface area contributed by atoms with Crippen molar-refractivity contribution >= 4 is 20.4 Å². The highest BCUT2D eigenvalue weighted by atomic mass is 32.5. The molecule has 0 amide bonds. The summed E-state index contributed by atoms with van der Waals surface area (Å²) in [6.45, 7) is 0. The molecule has 0 radical (unpaired) electrons. The first-order valence-corrected chi connectivity index (χ1v) is 7.68. The average molecular weight is 330 g/mol. The first-order valence-electron chi connectivity index (χ1n) is 3.78. The van der Waals surface area contributed by atoms with Crippen molar-refractivity contribution in [1.29, 1.82) is 0 Å². The van der Waals surface area contributed by atoms with Crippen molar-refractivity contribution in [2.24, 2.45) is 0 Å². The summed E-state index contributed by atoms with van der Waals surface area (Å²) < 4.78 is 123. The van der Waals surface area contributed by atoms with Gasteiger partial charge in [-0.25, -0.2) is 0 Å². The number of hydrogen-bond donors (Lipinski definition) is 0. The van der Waals surface area contributed by atoms with E-state index in [1.165, 1.54) is 0 Å². The maximum absolute atomic E-state index is 12.3. The molecule has 0 atom stereocenters. The van der Waals surface area contributed by atoms with Crippen LogP contribution < -0.4 is 0 Å². The van der Waals surface area contributed by atoms with Crippen LogP contribution in [0, 0.1) is 0 Å². The summed E-state index contributed by atoms with van der Waals surface area (Å²) in [5.41, 5.74) is 0. The summed E-state index contributed by atoms with van der Waals surface area (Å²) in [5.74, 6) is 0. The average Bonchev–Trinajstić information content (AvgIpc) is 1.96. The molecule has 0 N–H and O–H groups in total. The van der Waals surface area contributed by atoms with Gasteiger partial charge in [0.05, 0.1) is 0 Å². The van der Waals surface area contributed by atoms with E-state index in [1.807, 2.05) is 0 Å². The molecule has 0 heterocycles. The lowest BCUT2D eigenvalue weighted by atomic mass is 10.4. The zero-order valence-electron chi connectivity index (χ0n) is 7.91. The number of hydrogen-bond acceptors (Lipinski definition) is 0. The van der Waals surface area contributed by atoms with Gasteiger partial charge in [-0.05, 0) is 12.1 Å². The van der Waals surface area contributed by atoms with Gasteiger partial charge >= 0.3 is 20.4 Å². The van der Waals surface area contributed by atoms with Crippen molar-refractivity contribution in [3.63, 3.8) is 0 Å². The van der Waals surface area contributed by atoms with Crippen molar-refractivity contribution in [3.8, 4) is 0 Å². The van der Waals surface area contributed by atoms with Crippen molar-refractivity contribution in [2.75, 3.05) is 0 Å². The molecule has 110 valence electrons. The van der Waals surface area contributed by atoms with Crippen LogP contribution in [0.3, 0.4) is 0 Å². The number of rotatable bonds is 2. The summed E-state index contributed by atoms with van der Waals surface area (Å²) in [5, 5.41) is 0. The maximum atomic E-state index is 12.3. The Labute approximate surface area is 94.0 Å². The number of halogens is 10. The molecular weight excluding hydrogens is 326 g/mol. The summed E-state index contributed by atoms with van der Waals surface area (Å²) in [7, 11) is -21.7. The molecule has 0 aliphatic rings. The van der Waals surface area contributed by atoms with Crippen molar-refractivity contribution in [1.82, 2.24) is 0 Å². The third-order valence-corrected chi connectivity index (χ3v) is 4.18. The molecule has 0 unspecified atom stereocenters. The second-order valence-electron chi connectivity index (χ2n) is 3.38. The first kappa shape index (κ1) is 15.3. The summed E-state index contributed by atoms with van der Waals surface area (Å²) in [4.78, 5) is -7.26. The van der Waals surface area contributed by atoms with E-state index >= 15 is 0 Å². The van der Waals surface area contributed by atoms with Gasteiger partial charge in [-0.3, -0.25) is 0 Å². The predicted molar refractivity (Wildman–Crippen MR) is 49.2 cm³/mol. The normalized spacial score (nSPS) is 21.4. The van der Waals surface area contributed by atoms with Crippen molar-refractivity contribution < 1.29 is 38.9 Å². The Bertz CT molecular complexity index is 457. The molecule has 0 aromatic heterocycles.